The van der Waals surface area contributed by atoms with E-state index >= 15 is 0 Å². The Labute approximate surface area is 130 Å². The molecule has 0 spiro atoms. The first-order valence-electron chi connectivity index (χ1n) is 5.22. The summed E-state index contributed by atoms with van der Waals surface area (Å²) in [7, 11) is 0. The van der Waals surface area contributed by atoms with Crippen molar-refractivity contribution in [2.24, 2.45) is 0 Å². The van der Waals surface area contributed by atoms with E-state index in [0.29, 0.717) is 17.0 Å². The quantitative estimate of drug-likeness (QED) is 0.627. The third-order valence-electron chi connectivity index (χ3n) is 2.44. The van der Waals surface area contributed by atoms with Gasteiger partial charge in [-0.1, -0.05) is 15.9 Å². The van der Waals surface area contributed by atoms with E-state index in [4.69, 9.17) is 11.6 Å². The summed E-state index contributed by atoms with van der Waals surface area (Å²) in [6, 6.07) is 5.79. The number of benzene rings is 1. The van der Waals surface area contributed by atoms with E-state index in [-0.39, 0.29) is 5.28 Å². The van der Waals surface area contributed by atoms with Gasteiger partial charge < -0.3 is 10.3 Å². The highest BCUT2D eigenvalue weighted by molar-refractivity contribution is 9.11. The normalized spacial score (nSPS) is 10.9. The molecule has 0 bridgehead atoms. The molecule has 0 unspecified atom stereocenters. The molecule has 0 saturated heterocycles. The number of hydrogen-bond donors (Lipinski definition) is 2. The molecule has 3 rings (SSSR count). The second kappa shape index (κ2) is 5.07. The van der Waals surface area contributed by atoms with Crippen molar-refractivity contribution < 1.29 is 0 Å². The minimum absolute atomic E-state index is 0.148. The van der Waals surface area contributed by atoms with Crippen LogP contribution in [0.25, 0.3) is 11.2 Å². The number of hydrogen-bond acceptors (Lipinski definition) is 4. The van der Waals surface area contributed by atoms with Crippen molar-refractivity contribution in [1.82, 2.24) is 19.9 Å². The fourth-order valence-electron chi connectivity index (χ4n) is 1.62. The van der Waals surface area contributed by atoms with Gasteiger partial charge in [-0.25, -0.2) is 4.98 Å². The van der Waals surface area contributed by atoms with E-state index in [2.05, 4.69) is 57.1 Å². The van der Waals surface area contributed by atoms with Gasteiger partial charge >= 0.3 is 0 Å². The predicted octanol–water partition coefficient (Wildman–Crippen LogP) is 4.27. The van der Waals surface area contributed by atoms with Crippen LogP contribution < -0.4 is 5.32 Å². The van der Waals surface area contributed by atoms with Crippen LogP contribution in [0.1, 0.15) is 0 Å². The van der Waals surface area contributed by atoms with Gasteiger partial charge in [-0.2, -0.15) is 9.97 Å². The number of rotatable bonds is 2. The Kier molecular flexibility index (Phi) is 3.42. The number of aromatic amines is 1. The Morgan fingerprint density at radius 2 is 2.05 bits per heavy atom. The molecule has 2 N–H and O–H groups in total. The molecule has 0 aliphatic heterocycles. The molecule has 3 aromatic rings. The summed E-state index contributed by atoms with van der Waals surface area (Å²) in [5.41, 5.74) is 2.10. The predicted molar refractivity (Wildman–Crippen MR) is 81.8 cm³/mol. The van der Waals surface area contributed by atoms with Crippen molar-refractivity contribution >= 4 is 66.1 Å². The molecular weight excluding hydrogens is 397 g/mol. The van der Waals surface area contributed by atoms with Crippen LogP contribution in [0.15, 0.2) is 33.5 Å². The van der Waals surface area contributed by atoms with Crippen molar-refractivity contribution in [3.63, 3.8) is 0 Å². The number of nitrogens with one attached hydrogen (secondary N) is 2. The van der Waals surface area contributed by atoms with Gasteiger partial charge in [0.05, 0.1) is 12.0 Å². The molecular formula is C11H6Br2ClN5. The third-order valence-corrected chi connectivity index (χ3v) is 3.76. The van der Waals surface area contributed by atoms with Crippen LogP contribution in [0, 0.1) is 0 Å². The zero-order chi connectivity index (χ0) is 13.4. The lowest BCUT2D eigenvalue weighted by molar-refractivity contribution is 1.20. The fraction of sp³-hybridized carbons (Fsp3) is 0. The number of fused-ring (bicyclic) bond motifs is 1. The van der Waals surface area contributed by atoms with Crippen molar-refractivity contribution in [3.8, 4) is 0 Å². The van der Waals surface area contributed by atoms with Crippen LogP contribution in [0.2, 0.25) is 5.28 Å². The van der Waals surface area contributed by atoms with Crippen LogP contribution in [-0.4, -0.2) is 19.9 Å². The maximum absolute atomic E-state index is 5.88. The van der Waals surface area contributed by atoms with Gasteiger partial charge in [0.2, 0.25) is 5.28 Å². The molecule has 96 valence electrons. The number of halogens is 3. The van der Waals surface area contributed by atoms with E-state index in [0.717, 1.165) is 14.6 Å². The monoisotopic (exact) mass is 401 g/mol. The summed E-state index contributed by atoms with van der Waals surface area (Å²) in [4.78, 5) is 15.3. The molecule has 0 aliphatic carbocycles. The largest absolute Gasteiger partial charge is 0.340 e. The number of aromatic nitrogens is 4. The molecule has 8 heteroatoms. The standard InChI is InChI=1S/C11H6Br2ClN5/c12-5-1-2-7(6(13)3-5)17-10-8-9(16-4-15-8)18-11(14)19-10/h1-4H,(H2,15,16,17,18,19). The van der Waals surface area contributed by atoms with Gasteiger partial charge in [0.1, 0.15) is 5.52 Å². The maximum atomic E-state index is 5.88. The highest BCUT2D eigenvalue weighted by Gasteiger charge is 2.10. The summed E-state index contributed by atoms with van der Waals surface area (Å²) in [6.07, 6.45) is 1.55. The Morgan fingerprint density at radius 3 is 2.84 bits per heavy atom. The summed E-state index contributed by atoms with van der Waals surface area (Å²) in [5.74, 6) is 0.579. The van der Waals surface area contributed by atoms with Crippen LogP contribution in [0.4, 0.5) is 11.5 Å². The first-order chi connectivity index (χ1) is 9.13. The molecule has 0 amide bonds. The number of H-pyrrole nitrogens is 1. The average Bonchev–Trinajstić information content (AvgIpc) is 2.80. The maximum Gasteiger partial charge on any atom is 0.226 e. The minimum Gasteiger partial charge on any atom is -0.340 e. The molecule has 2 heterocycles. The highest BCUT2D eigenvalue weighted by Crippen LogP contribution is 2.30. The summed E-state index contributed by atoms with van der Waals surface area (Å²) in [6.45, 7) is 0. The first-order valence-corrected chi connectivity index (χ1v) is 7.18. The Bertz CT molecular complexity index is 758. The molecule has 0 saturated carbocycles. The lowest BCUT2D eigenvalue weighted by Gasteiger charge is -2.08. The fourth-order valence-corrected chi connectivity index (χ4v) is 2.93. The van der Waals surface area contributed by atoms with E-state index in [1.54, 1.807) is 6.33 Å². The Balaban J connectivity index is 2.07. The van der Waals surface area contributed by atoms with Crippen molar-refractivity contribution in [3.05, 3.63) is 38.8 Å². The van der Waals surface area contributed by atoms with Gasteiger partial charge in [0.15, 0.2) is 11.5 Å². The van der Waals surface area contributed by atoms with Gasteiger partial charge in [0, 0.05) is 8.95 Å². The van der Waals surface area contributed by atoms with E-state index in [1.807, 2.05) is 18.2 Å². The topological polar surface area (TPSA) is 66.5 Å². The Morgan fingerprint density at radius 1 is 1.21 bits per heavy atom. The molecule has 1 aromatic carbocycles. The number of imidazole rings is 1. The summed E-state index contributed by atoms with van der Waals surface area (Å²) < 4.78 is 1.89. The van der Waals surface area contributed by atoms with Gasteiger partial charge in [-0.05, 0) is 45.7 Å². The smallest absolute Gasteiger partial charge is 0.226 e. The highest BCUT2D eigenvalue weighted by atomic mass is 79.9. The van der Waals surface area contributed by atoms with E-state index in [1.165, 1.54) is 0 Å². The summed E-state index contributed by atoms with van der Waals surface area (Å²) in [5, 5.41) is 3.34. The van der Waals surface area contributed by atoms with Gasteiger partial charge in [-0.15, -0.1) is 0 Å². The zero-order valence-corrected chi connectivity index (χ0v) is 13.2. The SMILES string of the molecule is Clc1nc(Nc2ccc(Br)cc2Br)c2[nH]cnc2n1. The van der Waals surface area contributed by atoms with Crippen LogP contribution in [-0.2, 0) is 0 Å². The average molecular weight is 403 g/mol. The van der Waals surface area contributed by atoms with Crippen LogP contribution in [0.5, 0.6) is 0 Å². The van der Waals surface area contributed by atoms with E-state index < -0.39 is 0 Å². The van der Waals surface area contributed by atoms with Gasteiger partial charge in [0.25, 0.3) is 0 Å². The van der Waals surface area contributed by atoms with Crippen molar-refractivity contribution in [1.29, 1.82) is 0 Å². The van der Waals surface area contributed by atoms with Crippen LogP contribution >= 0.6 is 43.5 Å². The Hall–Kier alpha value is -1.18. The minimum atomic E-state index is 0.148. The second-order valence-electron chi connectivity index (χ2n) is 3.69. The lowest BCUT2D eigenvalue weighted by atomic mass is 10.3. The molecule has 5 nitrogen and oxygen atoms in total. The van der Waals surface area contributed by atoms with Crippen LogP contribution in [0.3, 0.4) is 0 Å². The second-order valence-corrected chi connectivity index (χ2v) is 5.80. The third kappa shape index (κ3) is 2.58. The number of anilines is 2. The molecule has 2 aromatic heterocycles. The lowest BCUT2D eigenvalue weighted by Crippen LogP contribution is -1.97. The number of nitrogens with zero attached hydrogens (tertiary/aromatic N) is 3. The molecule has 0 aliphatic rings. The molecule has 0 atom stereocenters. The van der Waals surface area contributed by atoms with Crippen molar-refractivity contribution in [2.45, 2.75) is 0 Å². The molecule has 0 radical (unpaired) electrons. The van der Waals surface area contributed by atoms with Gasteiger partial charge in [-0.3, -0.25) is 0 Å². The molecule has 19 heavy (non-hydrogen) atoms. The van der Waals surface area contributed by atoms with Crippen molar-refractivity contribution in [2.75, 3.05) is 5.32 Å². The summed E-state index contributed by atoms with van der Waals surface area (Å²) >= 11 is 12.8. The first kappa shape index (κ1) is 12.8. The zero-order valence-electron chi connectivity index (χ0n) is 9.28. The van der Waals surface area contributed by atoms with E-state index in [9.17, 15) is 0 Å². The molecule has 0 fully saturated rings.